The number of halogens is 2. The Morgan fingerprint density at radius 1 is 1.29 bits per heavy atom. The zero-order chi connectivity index (χ0) is 20.4. The van der Waals surface area contributed by atoms with Crippen molar-refractivity contribution in [3.8, 4) is 0 Å². The molecule has 7 nitrogen and oxygen atoms in total. The number of carbonyl (C=O) groups is 2. The molecule has 2 fully saturated rings. The Morgan fingerprint density at radius 2 is 1.96 bits per heavy atom. The molecule has 2 aliphatic rings. The highest BCUT2D eigenvalue weighted by Crippen LogP contribution is 2.34. The van der Waals surface area contributed by atoms with E-state index < -0.39 is 24.2 Å². The van der Waals surface area contributed by atoms with E-state index in [-0.39, 0.29) is 29.2 Å². The molecular formula is C19H27F2N3O4. The maximum Gasteiger partial charge on any atom is 0.309 e. The monoisotopic (exact) mass is 399 g/mol. The molecule has 9 heteroatoms. The van der Waals surface area contributed by atoms with Crippen molar-refractivity contribution in [2.75, 3.05) is 19.7 Å². The van der Waals surface area contributed by atoms with Crippen molar-refractivity contribution in [2.24, 2.45) is 17.8 Å². The van der Waals surface area contributed by atoms with Crippen molar-refractivity contribution >= 4 is 11.9 Å². The molecule has 0 saturated carbocycles. The Hall–Kier alpha value is -2.03. The van der Waals surface area contributed by atoms with E-state index in [9.17, 15) is 23.5 Å². The van der Waals surface area contributed by atoms with Gasteiger partial charge in [0.05, 0.1) is 23.8 Å². The SMILES string of the molecule is CC(C)Cn1ncc(C(=O)N2CCC([C@@H]3OCCC3C(=O)O)CC2)c1C(F)F. The standard InChI is InChI=1S/C19H27F2N3O4/c1-11(2)10-24-15(17(20)21)14(9-22-24)18(25)23-6-3-12(4-7-23)16-13(19(26)27)5-8-28-16/h9,11-13,16-17H,3-8,10H2,1-2H3,(H,26,27)/t13?,16-/m0/s1. The van der Waals surface area contributed by atoms with Crippen LogP contribution in [0.15, 0.2) is 6.20 Å². The van der Waals surface area contributed by atoms with E-state index in [1.807, 2.05) is 13.8 Å². The van der Waals surface area contributed by atoms with Crippen LogP contribution in [-0.4, -0.2) is 57.5 Å². The molecule has 1 aromatic rings. The number of likely N-dealkylation sites (tertiary alicyclic amines) is 1. The highest BCUT2D eigenvalue weighted by atomic mass is 19.3. The zero-order valence-corrected chi connectivity index (χ0v) is 16.2. The number of hydrogen-bond acceptors (Lipinski definition) is 4. The topological polar surface area (TPSA) is 84.7 Å². The first-order valence-electron chi connectivity index (χ1n) is 9.77. The number of rotatable bonds is 6. The van der Waals surface area contributed by atoms with Gasteiger partial charge in [0.25, 0.3) is 12.3 Å². The third kappa shape index (κ3) is 4.19. The molecule has 1 aromatic heterocycles. The van der Waals surface area contributed by atoms with Crippen molar-refractivity contribution in [2.45, 2.75) is 52.2 Å². The van der Waals surface area contributed by atoms with E-state index in [4.69, 9.17) is 4.74 Å². The van der Waals surface area contributed by atoms with Crippen LogP contribution in [0, 0.1) is 17.8 Å². The lowest BCUT2D eigenvalue weighted by atomic mass is 9.84. The number of carbonyl (C=O) groups excluding carboxylic acids is 1. The van der Waals surface area contributed by atoms with Crippen LogP contribution in [0.2, 0.25) is 0 Å². The molecule has 0 radical (unpaired) electrons. The van der Waals surface area contributed by atoms with Crippen LogP contribution in [0.4, 0.5) is 8.78 Å². The number of carboxylic acids is 1. The van der Waals surface area contributed by atoms with E-state index >= 15 is 0 Å². The van der Waals surface area contributed by atoms with Gasteiger partial charge in [0.1, 0.15) is 5.69 Å². The van der Waals surface area contributed by atoms with Gasteiger partial charge in [0.15, 0.2) is 0 Å². The average molecular weight is 399 g/mol. The maximum atomic E-state index is 13.6. The highest BCUT2D eigenvalue weighted by Gasteiger charge is 2.41. The fourth-order valence-electron chi connectivity index (χ4n) is 4.22. The van der Waals surface area contributed by atoms with Gasteiger partial charge in [-0.15, -0.1) is 0 Å². The first-order chi connectivity index (χ1) is 13.3. The number of aromatic nitrogens is 2. The maximum absolute atomic E-state index is 13.6. The smallest absolute Gasteiger partial charge is 0.309 e. The van der Waals surface area contributed by atoms with Crippen molar-refractivity contribution in [3.63, 3.8) is 0 Å². The number of alkyl halides is 2. The van der Waals surface area contributed by atoms with E-state index in [0.29, 0.717) is 45.5 Å². The first-order valence-corrected chi connectivity index (χ1v) is 9.77. The minimum Gasteiger partial charge on any atom is -0.481 e. The van der Waals surface area contributed by atoms with Crippen molar-refractivity contribution in [1.82, 2.24) is 14.7 Å². The average Bonchev–Trinajstić information content (AvgIpc) is 3.28. The molecule has 2 saturated heterocycles. The van der Waals surface area contributed by atoms with Gasteiger partial charge in [0, 0.05) is 26.2 Å². The predicted octanol–water partition coefficient (Wildman–Crippen LogP) is 2.82. The molecule has 28 heavy (non-hydrogen) atoms. The fraction of sp³-hybridized carbons (Fsp3) is 0.737. The number of carboxylic acid groups (broad SMARTS) is 1. The van der Waals surface area contributed by atoms with E-state index in [1.165, 1.54) is 10.9 Å². The summed E-state index contributed by atoms with van der Waals surface area (Å²) in [6, 6.07) is 0. The zero-order valence-electron chi connectivity index (χ0n) is 16.2. The summed E-state index contributed by atoms with van der Waals surface area (Å²) in [5, 5.41) is 13.3. The normalized spacial score (nSPS) is 23.7. The lowest BCUT2D eigenvalue weighted by Gasteiger charge is -2.35. The summed E-state index contributed by atoms with van der Waals surface area (Å²) in [6.45, 7) is 5.36. The summed E-state index contributed by atoms with van der Waals surface area (Å²) in [5.41, 5.74) is -0.375. The van der Waals surface area contributed by atoms with E-state index in [0.717, 1.165) is 0 Å². The van der Waals surface area contributed by atoms with Gasteiger partial charge >= 0.3 is 5.97 Å². The molecule has 1 N–H and O–H groups in total. The fourth-order valence-corrected chi connectivity index (χ4v) is 4.22. The van der Waals surface area contributed by atoms with Gasteiger partial charge in [-0.2, -0.15) is 5.10 Å². The van der Waals surface area contributed by atoms with Crippen LogP contribution < -0.4 is 0 Å². The molecule has 0 bridgehead atoms. The van der Waals surface area contributed by atoms with Gasteiger partial charge in [-0.05, 0) is 31.1 Å². The third-order valence-corrected chi connectivity index (χ3v) is 5.60. The van der Waals surface area contributed by atoms with Gasteiger partial charge in [-0.3, -0.25) is 14.3 Å². The second kappa shape index (κ2) is 8.55. The molecular weight excluding hydrogens is 372 g/mol. The Bertz CT molecular complexity index is 714. The molecule has 3 heterocycles. The second-order valence-corrected chi connectivity index (χ2v) is 8.02. The second-order valence-electron chi connectivity index (χ2n) is 8.02. The van der Waals surface area contributed by atoms with Gasteiger partial charge in [-0.25, -0.2) is 8.78 Å². The molecule has 0 aliphatic carbocycles. The summed E-state index contributed by atoms with van der Waals surface area (Å²) in [5.74, 6) is -1.60. The Balaban J connectivity index is 1.67. The van der Waals surface area contributed by atoms with Gasteiger partial charge in [-0.1, -0.05) is 13.8 Å². The minimum absolute atomic E-state index is 0.0466. The van der Waals surface area contributed by atoms with Crippen molar-refractivity contribution in [3.05, 3.63) is 17.5 Å². The van der Waals surface area contributed by atoms with E-state index in [1.54, 1.807) is 4.90 Å². The number of amides is 1. The van der Waals surface area contributed by atoms with Crippen LogP contribution >= 0.6 is 0 Å². The molecule has 3 rings (SSSR count). The predicted molar refractivity (Wildman–Crippen MR) is 96.1 cm³/mol. The van der Waals surface area contributed by atoms with Crippen LogP contribution in [0.3, 0.4) is 0 Å². The third-order valence-electron chi connectivity index (χ3n) is 5.60. The number of nitrogens with zero attached hydrogens (tertiary/aromatic N) is 3. The van der Waals surface area contributed by atoms with Crippen LogP contribution in [-0.2, 0) is 16.1 Å². The van der Waals surface area contributed by atoms with Gasteiger partial charge < -0.3 is 14.7 Å². The minimum atomic E-state index is -2.78. The number of hydrogen-bond donors (Lipinski definition) is 1. The van der Waals surface area contributed by atoms with Crippen molar-refractivity contribution in [1.29, 1.82) is 0 Å². The largest absolute Gasteiger partial charge is 0.481 e. The van der Waals surface area contributed by atoms with Crippen LogP contribution in [0.5, 0.6) is 0 Å². The summed E-state index contributed by atoms with van der Waals surface area (Å²) in [4.78, 5) is 25.8. The number of ether oxygens (including phenoxy) is 1. The summed E-state index contributed by atoms with van der Waals surface area (Å²) in [6.07, 6.45) is -0.166. The van der Waals surface area contributed by atoms with Crippen LogP contribution in [0.25, 0.3) is 0 Å². The Morgan fingerprint density at radius 3 is 2.54 bits per heavy atom. The first kappa shape index (κ1) is 20.7. The van der Waals surface area contributed by atoms with Crippen LogP contribution in [0.1, 0.15) is 55.6 Å². The van der Waals surface area contributed by atoms with Gasteiger partial charge in [0.2, 0.25) is 0 Å². The molecule has 1 amide bonds. The molecule has 156 valence electrons. The quantitative estimate of drug-likeness (QED) is 0.795. The lowest BCUT2D eigenvalue weighted by Crippen LogP contribution is -2.43. The number of aliphatic carboxylic acids is 1. The molecule has 1 unspecified atom stereocenters. The van der Waals surface area contributed by atoms with Crippen molar-refractivity contribution < 1.29 is 28.2 Å². The van der Waals surface area contributed by atoms with E-state index in [2.05, 4.69) is 5.10 Å². The molecule has 0 spiro atoms. The Kier molecular flexibility index (Phi) is 6.32. The summed E-state index contributed by atoms with van der Waals surface area (Å²) in [7, 11) is 0. The summed E-state index contributed by atoms with van der Waals surface area (Å²) < 4.78 is 34.0. The molecule has 2 aliphatic heterocycles. The summed E-state index contributed by atoms with van der Waals surface area (Å²) >= 11 is 0. The lowest BCUT2D eigenvalue weighted by molar-refractivity contribution is -0.145. The molecule has 0 aromatic carbocycles. The highest BCUT2D eigenvalue weighted by molar-refractivity contribution is 5.95. The Labute approximate surface area is 162 Å². The molecule has 2 atom stereocenters. The number of piperidine rings is 1.